The Bertz CT molecular complexity index is 952. The Morgan fingerprint density at radius 1 is 1.16 bits per heavy atom. The van der Waals surface area contributed by atoms with E-state index in [1.54, 1.807) is 45.4 Å². The molecule has 0 aliphatic rings. The highest BCUT2D eigenvalue weighted by molar-refractivity contribution is 9.10. The first-order valence-electron chi connectivity index (χ1n) is 9.62. The Balaban J connectivity index is 1.92. The van der Waals surface area contributed by atoms with Gasteiger partial charge in [0.15, 0.2) is 6.10 Å². The first kappa shape index (κ1) is 24.3. The Kier molecular flexibility index (Phi) is 9.95. The van der Waals surface area contributed by atoms with Gasteiger partial charge >= 0.3 is 5.97 Å². The highest BCUT2D eigenvalue weighted by Gasteiger charge is 2.18. The summed E-state index contributed by atoms with van der Waals surface area (Å²) in [6, 6.07) is 10.9. The first-order chi connectivity index (χ1) is 15.0. The molecule has 0 saturated carbocycles. The average Bonchev–Trinajstić information content (AvgIpc) is 2.76. The fourth-order valence-corrected chi connectivity index (χ4v) is 3.21. The SMILES string of the molecule is CCO[C@@H](Cc1ccc(OC/C=C/C#Cc2cc(OC)cc(OC)c2)c(Br)c1)C(=O)O. The second kappa shape index (κ2) is 12.7. The number of hydrogen-bond donors (Lipinski definition) is 1. The number of benzene rings is 2. The lowest BCUT2D eigenvalue weighted by Gasteiger charge is -2.13. The van der Waals surface area contributed by atoms with E-state index in [0.29, 0.717) is 30.5 Å². The highest BCUT2D eigenvalue weighted by Crippen LogP contribution is 2.27. The van der Waals surface area contributed by atoms with E-state index in [9.17, 15) is 9.90 Å². The first-order valence-corrected chi connectivity index (χ1v) is 10.4. The van der Waals surface area contributed by atoms with E-state index in [4.69, 9.17) is 18.9 Å². The molecule has 2 aromatic rings. The van der Waals surface area contributed by atoms with Crippen LogP contribution in [0.5, 0.6) is 17.2 Å². The van der Waals surface area contributed by atoms with Gasteiger partial charge in [-0.1, -0.05) is 17.9 Å². The molecule has 1 N–H and O–H groups in total. The summed E-state index contributed by atoms with van der Waals surface area (Å²) in [5.74, 6) is 7.02. The second-order valence-electron chi connectivity index (χ2n) is 6.34. The molecule has 0 heterocycles. The van der Waals surface area contributed by atoms with E-state index in [1.807, 2.05) is 24.3 Å². The second-order valence-corrected chi connectivity index (χ2v) is 7.19. The van der Waals surface area contributed by atoms with Crippen LogP contribution >= 0.6 is 15.9 Å². The third kappa shape index (κ3) is 8.00. The minimum atomic E-state index is -0.975. The van der Waals surface area contributed by atoms with Crippen LogP contribution < -0.4 is 14.2 Å². The van der Waals surface area contributed by atoms with Gasteiger partial charge in [0.2, 0.25) is 0 Å². The van der Waals surface area contributed by atoms with Gasteiger partial charge in [-0.25, -0.2) is 4.79 Å². The Labute approximate surface area is 190 Å². The van der Waals surface area contributed by atoms with Crippen molar-refractivity contribution in [2.45, 2.75) is 19.4 Å². The van der Waals surface area contributed by atoms with Crippen molar-refractivity contribution >= 4 is 21.9 Å². The van der Waals surface area contributed by atoms with Crippen LogP contribution in [0, 0.1) is 11.8 Å². The normalized spacial score (nSPS) is 11.5. The number of ether oxygens (including phenoxy) is 4. The number of halogens is 1. The molecule has 0 amide bonds. The monoisotopic (exact) mass is 488 g/mol. The maximum Gasteiger partial charge on any atom is 0.333 e. The molecule has 2 aromatic carbocycles. The van der Waals surface area contributed by atoms with Crippen molar-refractivity contribution in [3.05, 3.63) is 64.1 Å². The molecule has 0 aliphatic carbocycles. The number of carboxylic acids is 1. The molecule has 31 heavy (non-hydrogen) atoms. The lowest BCUT2D eigenvalue weighted by molar-refractivity contribution is -0.149. The standard InChI is InChI=1S/C24H25BrO6/c1-4-30-23(24(26)27)15-18-9-10-22(21(25)14-18)31-11-7-5-6-8-17-12-19(28-2)16-20(13-17)29-3/h5,7,9-10,12-14,16,23H,4,11,15H2,1-3H3,(H,26,27)/b7-5+/t23-/m0/s1. The maximum atomic E-state index is 11.2. The highest BCUT2D eigenvalue weighted by atomic mass is 79.9. The summed E-state index contributed by atoms with van der Waals surface area (Å²) in [6.07, 6.45) is 2.94. The van der Waals surface area contributed by atoms with E-state index in [0.717, 1.165) is 15.6 Å². The van der Waals surface area contributed by atoms with E-state index >= 15 is 0 Å². The third-order valence-corrected chi connectivity index (χ3v) is 4.78. The van der Waals surface area contributed by atoms with Gasteiger partial charge in [0, 0.05) is 24.7 Å². The molecule has 2 rings (SSSR count). The van der Waals surface area contributed by atoms with Crippen molar-refractivity contribution in [3.63, 3.8) is 0 Å². The number of methoxy groups -OCH3 is 2. The van der Waals surface area contributed by atoms with Crippen LogP contribution in [-0.2, 0) is 16.0 Å². The van der Waals surface area contributed by atoms with Crippen LogP contribution in [0.4, 0.5) is 0 Å². The van der Waals surface area contributed by atoms with E-state index in [1.165, 1.54) is 0 Å². The molecule has 0 radical (unpaired) electrons. The molecule has 1 atom stereocenters. The van der Waals surface area contributed by atoms with Crippen molar-refractivity contribution in [3.8, 4) is 29.1 Å². The van der Waals surface area contributed by atoms with Crippen molar-refractivity contribution in [1.29, 1.82) is 0 Å². The minimum Gasteiger partial charge on any atom is -0.497 e. The fourth-order valence-electron chi connectivity index (χ4n) is 2.67. The van der Waals surface area contributed by atoms with Crippen molar-refractivity contribution < 1.29 is 28.8 Å². The molecule has 0 fully saturated rings. The third-order valence-electron chi connectivity index (χ3n) is 4.16. The summed E-state index contributed by atoms with van der Waals surface area (Å²) in [7, 11) is 3.19. The minimum absolute atomic E-state index is 0.284. The summed E-state index contributed by atoms with van der Waals surface area (Å²) < 4.78 is 22.2. The molecular formula is C24H25BrO6. The largest absolute Gasteiger partial charge is 0.497 e. The number of allylic oxidation sites excluding steroid dienone is 1. The Morgan fingerprint density at radius 3 is 2.45 bits per heavy atom. The van der Waals surface area contributed by atoms with E-state index in [-0.39, 0.29) is 6.42 Å². The van der Waals surface area contributed by atoms with Gasteiger partial charge in [0.1, 0.15) is 23.9 Å². The van der Waals surface area contributed by atoms with Crippen molar-refractivity contribution in [2.24, 2.45) is 0 Å². The summed E-state index contributed by atoms with van der Waals surface area (Å²) in [4.78, 5) is 11.2. The summed E-state index contributed by atoms with van der Waals surface area (Å²) >= 11 is 3.46. The van der Waals surface area contributed by atoms with Gasteiger partial charge in [0.05, 0.1) is 18.7 Å². The van der Waals surface area contributed by atoms with Crippen LogP contribution in [0.15, 0.2) is 53.0 Å². The number of carbonyl (C=O) groups is 1. The fraction of sp³-hybridized carbons (Fsp3) is 0.292. The molecule has 0 spiro atoms. The van der Waals surface area contributed by atoms with Gasteiger partial charge in [0.25, 0.3) is 0 Å². The van der Waals surface area contributed by atoms with Crippen LogP contribution in [0.1, 0.15) is 18.1 Å². The number of carboxylic acid groups (broad SMARTS) is 1. The Morgan fingerprint density at radius 2 is 1.87 bits per heavy atom. The molecule has 0 saturated heterocycles. The van der Waals surface area contributed by atoms with Crippen molar-refractivity contribution in [1.82, 2.24) is 0 Å². The molecule has 0 bridgehead atoms. The zero-order chi connectivity index (χ0) is 22.6. The van der Waals surface area contributed by atoms with Gasteiger partial charge in [-0.05, 0) is 64.8 Å². The maximum absolute atomic E-state index is 11.2. The number of hydrogen-bond acceptors (Lipinski definition) is 5. The van der Waals surface area contributed by atoms with Crippen LogP contribution in [0.3, 0.4) is 0 Å². The molecule has 0 aromatic heterocycles. The molecule has 0 unspecified atom stereocenters. The summed E-state index contributed by atoms with van der Waals surface area (Å²) in [5, 5.41) is 9.21. The number of rotatable bonds is 10. The molecule has 164 valence electrons. The van der Waals surface area contributed by atoms with E-state index in [2.05, 4.69) is 27.8 Å². The predicted molar refractivity (Wildman–Crippen MR) is 122 cm³/mol. The Hall–Kier alpha value is -2.95. The quantitative estimate of drug-likeness (QED) is 0.496. The van der Waals surface area contributed by atoms with Gasteiger partial charge in [-0.2, -0.15) is 0 Å². The lowest BCUT2D eigenvalue weighted by atomic mass is 10.1. The molecular weight excluding hydrogens is 464 g/mol. The molecule has 0 aliphatic heterocycles. The van der Waals surface area contributed by atoms with Crippen LogP contribution in [0.25, 0.3) is 0 Å². The molecule has 6 nitrogen and oxygen atoms in total. The topological polar surface area (TPSA) is 74.2 Å². The summed E-state index contributed by atoms with van der Waals surface area (Å²) in [5.41, 5.74) is 1.63. The van der Waals surface area contributed by atoms with Gasteiger partial charge < -0.3 is 24.1 Å². The van der Waals surface area contributed by atoms with Crippen LogP contribution in [-0.4, -0.2) is 44.6 Å². The summed E-state index contributed by atoms with van der Waals surface area (Å²) in [6.45, 7) is 2.46. The van der Waals surface area contributed by atoms with Crippen LogP contribution in [0.2, 0.25) is 0 Å². The van der Waals surface area contributed by atoms with E-state index < -0.39 is 12.1 Å². The number of aliphatic carboxylic acids is 1. The predicted octanol–water partition coefficient (Wildman–Crippen LogP) is 4.49. The zero-order valence-electron chi connectivity index (χ0n) is 17.7. The lowest BCUT2D eigenvalue weighted by Crippen LogP contribution is -2.26. The van der Waals surface area contributed by atoms with Gasteiger partial charge in [-0.15, -0.1) is 0 Å². The average molecular weight is 489 g/mol. The van der Waals surface area contributed by atoms with Gasteiger partial charge in [-0.3, -0.25) is 0 Å². The zero-order valence-corrected chi connectivity index (χ0v) is 19.3. The van der Waals surface area contributed by atoms with Crippen molar-refractivity contribution in [2.75, 3.05) is 27.4 Å². The molecule has 7 heteroatoms. The smallest absolute Gasteiger partial charge is 0.333 e.